The van der Waals surface area contributed by atoms with E-state index in [0.717, 1.165) is 72.1 Å². The number of benzene rings is 6. The molecular weight excluding hydrogens is 534 g/mol. The molecule has 0 aliphatic carbocycles. The van der Waals surface area contributed by atoms with Crippen LogP contribution in [0, 0.1) is 0 Å². The van der Waals surface area contributed by atoms with E-state index in [9.17, 15) is 0 Å². The van der Waals surface area contributed by atoms with Gasteiger partial charge in [-0.3, -0.25) is 0 Å². The lowest BCUT2D eigenvalue weighted by Crippen LogP contribution is -1.98. The second kappa shape index (κ2) is 11.0. The van der Waals surface area contributed by atoms with Crippen LogP contribution in [0.4, 0.5) is 0 Å². The number of nitrogens with zero attached hydrogens (tertiary/aromatic N) is 3. The lowest BCUT2D eigenvalue weighted by Gasteiger charge is -2.16. The summed E-state index contributed by atoms with van der Waals surface area (Å²) in [5, 5.41) is 3.34. The second-order valence-electron chi connectivity index (χ2n) is 10.8. The minimum Gasteiger partial charge on any atom is -0.248 e. The standard InChI is InChI=1S/C41H27N3/c1-5-15-28(16-6-1)34-25-36(29-17-7-2-8-18-29)42-39-26-35(32-23-13-14-24-33(32)40(34)39)41-43-37(30-19-9-3-10-20-30)27-38(44-41)31-21-11-4-12-22-31/h1-27H. The number of fused-ring (bicyclic) bond motifs is 3. The molecule has 8 aromatic rings. The zero-order chi connectivity index (χ0) is 29.3. The maximum absolute atomic E-state index is 5.27. The zero-order valence-corrected chi connectivity index (χ0v) is 23.9. The molecule has 8 rings (SSSR count). The van der Waals surface area contributed by atoms with Crippen molar-refractivity contribution in [1.29, 1.82) is 0 Å². The molecule has 3 heteroatoms. The first-order valence-electron chi connectivity index (χ1n) is 14.8. The van der Waals surface area contributed by atoms with Crippen molar-refractivity contribution in [2.45, 2.75) is 0 Å². The molecule has 2 heterocycles. The van der Waals surface area contributed by atoms with Gasteiger partial charge in [0.25, 0.3) is 0 Å². The maximum atomic E-state index is 5.27. The van der Waals surface area contributed by atoms with Crippen LogP contribution in [0.2, 0.25) is 0 Å². The number of rotatable bonds is 5. The van der Waals surface area contributed by atoms with Crippen molar-refractivity contribution in [1.82, 2.24) is 15.0 Å². The molecule has 0 unspecified atom stereocenters. The van der Waals surface area contributed by atoms with Crippen LogP contribution in [0.3, 0.4) is 0 Å². The Morgan fingerprint density at radius 2 is 0.750 bits per heavy atom. The molecule has 0 saturated carbocycles. The zero-order valence-electron chi connectivity index (χ0n) is 23.9. The van der Waals surface area contributed by atoms with E-state index in [1.807, 2.05) is 42.5 Å². The first-order chi connectivity index (χ1) is 21.8. The van der Waals surface area contributed by atoms with Gasteiger partial charge in [-0.05, 0) is 40.1 Å². The molecule has 0 bridgehead atoms. The van der Waals surface area contributed by atoms with Gasteiger partial charge in [0.2, 0.25) is 0 Å². The quantitative estimate of drug-likeness (QED) is 0.196. The third kappa shape index (κ3) is 4.71. The largest absolute Gasteiger partial charge is 0.248 e. The highest BCUT2D eigenvalue weighted by Crippen LogP contribution is 2.40. The lowest BCUT2D eigenvalue weighted by molar-refractivity contribution is 1.19. The molecular formula is C41H27N3. The Morgan fingerprint density at radius 3 is 1.27 bits per heavy atom. The lowest BCUT2D eigenvalue weighted by atomic mass is 9.92. The van der Waals surface area contributed by atoms with E-state index >= 15 is 0 Å². The van der Waals surface area contributed by atoms with Gasteiger partial charge < -0.3 is 0 Å². The fourth-order valence-electron chi connectivity index (χ4n) is 5.97. The van der Waals surface area contributed by atoms with E-state index in [4.69, 9.17) is 15.0 Å². The van der Waals surface area contributed by atoms with Crippen molar-refractivity contribution in [3.63, 3.8) is 0 Å². The van der Waals surface area contributed by atoms with Gasteiger partial charge in [0, 0.05) is 27.6 Å². The Kier molecular flexibility index (Phi) is 6.47. The first-order valence-corrected chi connectivity index (χ1v) is 14.8. The molecule has 0 N–H and O–H groups in total. The SMILES string of the molecule is c1ccc(-c2cc(-c3ccccc3)nc(-c3cc4nc(-c5ccccc5)cc(-c5ccccc5)c4c4ccccc34)n2)cc1. The third-order valence-corrected chi connectivity index (χ3v) is 8.08. The van der Waals surface area contributed by atoms with E-state index < -0.39 is 0 Å². The summed E-state index contributed by atoms with van der Waals surface area (Å²) in [6.45, 7) is 0. The van der Waals surface area contributed by atoms with Crippen molar-refractivity contribution < 1.29 is 0 Å². The van der Waals surface area contributed by atoms with Crippen molar-refractivity contribution in [2.24, 2.45) is 0 Å². The summed E-state index contributed by atoms with van der Waals surface area (Å²) in [6, 6.07) is 56.6. The molecule has 0 aliphatic heterocycles. The van der Waals surface area contributed by atoms with Gasteiger partial charge in [-0.25, -0.2) is 15.0 Å². The van der Waals surface area contributed by atoms with Crippen LogP contribution < -0.4 is 0 Å². The van der Waals surface area contributed by atoms with Gasteiger partial charge in [0.1, 0.15) is 0 Å². The Morgan fingerprint density at radius 1 is 0.318 bits per heavy atom. The molecule has 0 saturated heterocycles. The number of hydrogen-bond donors (Lipinski definition) is 0. The summed E-state index contributed by atoms with van der Waals surface area (Å²) in [5.41, 5.74) is 10.1. The molecule has 6 aromatic carbocycles. The summed E-state index contributed by atoms with van der Waals surface area (Å²) in [4.78, 5) is 15.6. The summed E-state index contributed by atoms with van der Waals surface area (Å²) < 4.78 is 0. The van der Waals surface area contributed by atoms with Crippen molar-refractivity contribution in [3.8, 4) is 56.3 Å². The van der Waals surface area contributed by atoms with Crippen LogP contribution >= 0.6 is 0 Å². The van der Waals surface area contributed by atoms with Crippen molar-refractivity contribution in [2.75, 3.05) is 0 Å². The summed E-state index contributed by atoms with van der Waals surface area (Å²) in [5.74, 6) is 0.677. The highest BCUT2D eigenvalue weighted by molar-refractivity contribution is 6.18. The van der Waals surface area contributed by atoms with E-state index in [1.54, 1.807) is 0 Å². The summed E-state index contributed by atoms with van der Waals surface area (Å²) in [7, 11) is 0. The summed E-state index contributed by atoms with van der Waals surface area (Å²) >= 11 is 0. The average Bonchev–Trinajstić information content (AvgIpc) is 3.12. The molecule has 0 radical (unpaired) electrons. The number of pyridine rings is 1. The van der Waals surface area contributed by atoms with Crippen LogP contribution in [-0.2, 0) is 0 Å². The molecule has 3 nitrogen and oxygen atoms in total. The fourth-order valence-corrected chi connectivity index (χ4v) is 5.97. The fraction of sp³-hybridized carbons (Fsp3) is 0. The van der Waals surface area contributed by atoms with Crippen LogP contribution in [0.1, 0.15) is 0 Å². The molecule has 0 spiro atoms. The molecule has 0 aliphatic rings. The molecule has 0 atom stereocenters. The predicted molar refractivity (Wildman–Crippen MR) is 182 cm³/mol. The van der Waals surface area contributed by atoms with Gasteiger partial charge in [0.15, 0.2) is 5.82 Å². The molecule has 44 heavy (non-hydrogen) atoms. The second-order valence-corrected chi connectivity index (χ2v) is 10.8. The minimum atomic E-state index is 0.677. The highest BCUT2D eigenvalue weighted by atomic mass is 14.9. The first kappa shape index (κ1) is 25.8. The third-order valence-electron chi connectivity index (χ3n) is 8.08. The Bertz CT molecular complexity index is 2190. The topological polar surface area (TPSA) is 38.7 Å². The van der Waals surface area contributed by atoms with Gasteiger partial charge >= 0.3 is 0 Å². The van der Waals surface area contributed by atoms with E-state index in [2.05, 4.69) is 121 Å². The van der Waals surface area contributed by atoms with Crippen molar-refractivity contribution in [3.05, 3.63) is 164 Å². The predicted octanol–water partition coefficient (Wildman–Crippen LogP) is 10.5. The van der Waals surface area contributed by atoms with Gasteiger partial charge in [-0.15, -0.1) is 0 Å². The number of hydrogen-bond acceptors (Lipinski definition) is 3. The average molecular weight is 562 g/mol. The van der Waals surface area contributed by atoms with E-state index in [-0.39, 0.29) is 0 Å². The maximum Gasteiger partial charge on any atom is 0.161 e. The van der Waals surface area contributed by atoms with Crippen LogP contribution in [0.25, 0.3) is 78.0 Å². The normalized spacial score (nSPS) is 11.2. The van der Waals surface area contributed by atoms with Gasteiger partial charge in [-0.2, -0.15) is 0 Å². The monoisotopic (exact) mass is 561 g/mol. The Labute approximate surface area is 256 Å². The number of aromatic nitrogens is 3. The molecule has 0 amide bonds. The van der Waals surface area contributed by atoms with Crippen LogP contribution in [0.15, 0.2) is 164 Å². The highest BCUT2D eigenvalue weighted by Gasteiger charge is 2.18. The van der Waals surface area contributed by atoms with E-state index in [1.165, 1.54) is 0 Å². The Balaban J connectivity index is 1.45. The summed E-state index contributed by atoms with van der Waals surface area (Å²) in [6.07, 6.45) is 0. The van der Waals surface area contributed by atoms with E-state index in [0.29, 0.717) is 5.82 Å². The van der Waals surface area contributed by atoms with Gasteiger partial charge in [0.05, 0.1) is 22.6 Å². The Hall–Kier alpha value is -5.93. The minimum absolute atomic E-state index is 0.677. The molecule has 0 fully saturated rings. The molecule has 2 aromatic heterocycles. The smallest absolute Gasteiger partial charge is 0.161 e. The van der Waals surface area contributed by atoms with Crippen LogP contribution in [-0.4, -0.2) is 15.0 Å². The molecule has 206 valence electrons. The van der Waals surface area contributed by atoms with Crippen molar-refractivity contribution >= 4 is 21.7 Å². The van der Waals surface area contributed by atoms with Gasteiger partial charge in [-0.1, -0.05) is 146 Å². The van der Waals surface area contributed by atoms with Crippen LogP contribution in [0.5, 0.6) is 0 Å².